The third-order valence-electron chi connectivity index (χ3n) is 3.64. The van der Waals surface area contributed by atoms with Gasteiger partial charge in [0.15, 0.2) is 0 Å². The van der Waals surface area contributed by atoms with Crippen molar-refractivity contribution in [3.63, 3.8) is 0 Å². The van der Waals surface area contributed by atoms with Gasteiger partial charge in [-0.2, -0.15) is 0 Å². The lowest BCUT2D eigenvalue weighted by atomic mass is 10.0. The second-order valence-corrected chi connectivity index (χ2v) is 5.26. The van der Waals surface area contributed by atoms with Gasteiger partial charge >= 0.3 is 0 Å². The van der Waals surface area contributed by atoms with Gasteiger partial charge in [-0.1, -0.05) is 30.3 Å². The van der Waals surface area contributed by atoms with Crippen LogP contribution in [0, 0.1) is 0 Å². The molecule has 1 amide bonds. The smallest absolute Gasteiger partial charge is 0.220 e. The van der Waals surface area contributed by atoms with Crippen molar-refractivity contribution in [2.45, 2.75) is 44.3 Å². The highest BCUT2D eigenvalue weighted by Gasteiger charge is 2.15. The third-order valence-corrected chi connectivity index (χ3v) is 3.64. The zero-order valence-electron chi connectivity index (χ0n) is 11.8. The molecular weight excluding hydrogens is 254 g/mol. The van der Waals surface area contributed by atoms with Gasteiger partial charge in [0.25, 0.3) is 0 Å². The van der Waals surface area contributed by atoms with Crippen molar-refractivity contribution in [2.24, 2.45) is 0 Å². The highest BCUT2D eigenvalue weighted by atomic mass is 16.5. The van der Waals surface area contributed by atoms with E-state index in [0.717, 1.165) is 31.4 Å². The highest BCUT2D eigenvalue weighted by Crippen LogP contribution is 2.17. The highest BCUT2D eigenvalue weighted by molar-refractivity contribution is 5.75. The zero-order chi connectivity index (χ0) is 14.2. The Morgan fingerprint density at radius 1 is 1.35 bits per heavy atom. The second-order valence-electron chi connectivity index (χ2n) is 5.26. The first kappa shape index (κ1) is 15.0. The van der Waals surface area contributed by atoms with Crippen molar-refractivity contribution in [3.05, 3.63) is 35.9 Å². The van der Waals surface area contributed by atoms with Crippen LogP contribution in [0.15, 0.2) is 30.3 Å². The summed E-state index contributed by atoms with van der Waals surface area (Å²) in [6, 6.07) is 9.36. The molecule has 0 aromatic heterocycles. The number of hydrogen-bond donors (Lipinski definition) is 2. The molecule has 1 fully saturated rings. The van der Waals surface area contributed by atoms with E-state index in [4.69, 9.17) is 4.74 Å². The zero-order valence-corrected chi connectivity index (χ0v) is 11.8. The van der Waals surface area contributed by atoms with Gasteiger partial charge in [0.05, 0.1) is 12.2 Å². The average Bonchev–Trinajstić information content (AvgIpc) is 2.52. The van der Waals surface area contributed by atoms with Crippen molar-refractivity contribution >= 4 is 5.91 Å². The summed E-state index contributed by atoms with van der Waals surface area (Å²) in [6.07, 6.45) is 4.20. The molecule has 1 saturated heterocycles. The van der Waals surface area contributed by atoms with Crippen LogP contribution in [-0.2, 0) is 9.53 Å². The Bertz CT molecular complexity index is 401. The van der Waals surface area contributed by atoms with Gasteiger partial charge in [-0.25, -0.2) is 0 Å². The van der Waals surface area contributed by atoms with Crippen molar-refractivity contribution in [3.8, 4) is 0 Å². The molecular formula is C16H23NO3. The lowest BCUT2D eigenvalue weighted by molar-refractivity contribution is -0.122. The Kier molecular flexibility index (Phi) is 6.02. The van der Waals surface area contributed by atoms with Crippen LogP contribution in [0.5, 0.6) is 0 Å². The first-order valence-electron chi connectivity index (χ1n) is 7.37. The molecule has 1 aliphatic heterocycles. The summed E-state index contributed by atoms with van der Waals surface area (Å²) in [5, 5.41) is 12.7. The second kappa shape index (κ2) is 8.02. The molecule has 2 atom stereocenters. The quantitative estimate of drug-likeness (QED) is 0.838. The number of aliphatic hydroxyl groups excluding tert-OH is 1. The van der Waals surface area contributed by atoms with E-state index >= 15 is 0 Å². The van der Waals surface area contributed by atoms with Gasteiger partial charge in [0.2, 0.25) is 5.91 Å². The maximum atomic E-state index is 11.7. The van der Waals surface area contributed by atoms with Crippen LogP contribution < -0.4 is 5.32 Å². The molecule has 0 aliphatic carbocycles. The summed E-state index contributed by atoms with van der Waals surface area (Å²) < 4.78 is 5.59. The Morgan fingerprint density at radius 3 is 2.85 bits per heavy atom. The monoisotopic (exact) mass is 277 g/mol. The Hall–Kier alpha value is -1.39. The van der Waals surface area contributed by atoms with Crippen LogP contribution in [0.3, 0.4) is 0 Å². The molecule has 2 N–H and O–H groups in total. The number of rotatable bonds is 6. The van der Waals surface area contributed by atoms with Gasteiger partial charge in [0, 0.05) is 19.6 Å². The number of carbonyl (C=O) groups is 1. The standard InChI is InChI=1S/C16H23NO3/c18-15(13-6-2-1-3-7-13)12-17-16(19)10-9-14-8-4-5-11-20-14/h1-3,6-7,14-15,18H,4-5,8-12H2,(H,17,19). The van der Waals surface area contributed by atoms with Crippen LogP contribution >= 0.6 is 0 Å². The van der Waals surface area contributed by atoms with E-state index in [-0.39, 0.29) is 18.6 Å². The molecule has 20 heavy (non-hydrogen) atoms. The van der Waals surface area contributed by atoms with Crippen LogP contribution in [0.1, 0.15) is 43.8 Å². The summed E-state index contributed by atoms with van der Waals surface area (Å²) >= 11 is 0. The molecule has 1 heterocycles. The first-order chi connectivity index (χ1) is 9.75. The minimum atomic E-state index is -0.647. The predicted octanol–water partition coefficient (Wildman–Crippen LogP) is 2.19. The number of carbonyl (C=O) groups excluding carboxylic acids is 1. The van der Waals surface area contributed by atoms with E-state index in [0.29, 0.717) is 6.42 Å². The number of amides is 1. The van der Waals surface area contributed by atoms with E-state index in [1.807, 2.05) is 30.3 Å². The van der Waals surface area contributed by atoms with Crippen molar-refractivity contribution in [2.75, 3.05) is 13.2 Å². The third kappa shape index (κ3) is 4.94. The molecule has 2 unspecified atom stereocenters. The van der Waals surface area contributed by atoms with Crippen LogP contribution in [0.4, 0.5) is 0 Å². The van der Waals surface area contributed by atoms with Crippen molar-refractivity contribution < 1.29 is 14.6 Å². The molecule has 1 aromatic carbocycles. The molecule has 4 nitrogen and oxygen atoms in total. The van der Waals surface area contributed by atoms with Gasteiger partial charge in [-0.05, 0) is 31.2 Å². The fraction of sp³-hybridized carbons (Fsp3) is 0.562. The number of hydrogen-bond acceptors (Lipinski definition) is 3. The molecule has 0 bridgehead atoms. The molecule has 1 aliphatic rings. The van der Waals surface area contributed by atoms with Gasteiger partial charge in [0.1, 0.15) is 0 Å². The summed E-state index contributed by atoms with van der Waals surface area (Å²) in [7, 11) is 0. The Labute approximate surface area is 120 Å². The number of aliphatic hydroxyl groups is 1. The summed E-state index contributed by atoms with van der Waals surface area (Å²) in [6.45, 7) is 1.08. The number of nitrogens with one attached hydrogen (secondary N) is 1. The van der Waals surface area contributed by atoms with Crippen molar-refractivity contribution in [1.29, 1.82) is 0 Å². The van der Waals surface area contributed by atoms with Crippen LogP contribution in [0.2, 0.25) is 0 Å². The number of ether oxygens (including phenoxy) is 1. The van der Waals surface area contributed by atoms with E-state index in [1.54, 1.807) is 0 Å². The van der Waals surface area contributed by atoms with Crippen LogP contribution in [-0.4, -0.2) is 30.3 Å². The SMILES string of the molecule is O=C(CCC1CCCCO1)NCC(O)c1ccccc1. The summed E-state index contributed by atoms with van der Waals surface area (Å²) in [5.74, 6) is -0.0193. The van der Waals surface area contributed by atoms with E-state index in [9.17, 15) is 9.90 Å². The van der Waals surface area contributed by atoms with E-state index < -0.39 is 6.10 Å². The van der Waals surface area contributed by atoms with Crippen molar-refractivity contribution in [1.82, 2.24) is 5.32 Å². The Balaban J connectivity index is 1.64. The van der Waals surface area contributed by atoms with Gasteiger partial charge in [-0.3, -0.25) is 4.79 Å². The molecule has 2 rings (SSSR count). The Morgan fingerprint density at radius 2 is 2.15 bits per heavy atom. The minimum Gasteiger partial charge on any atom is -0.387 e. The lowest BCUT2D eigenvalue weighted by Crippen LogP contribution is -2.29. The average molecular weight is 277 g/mol. The fourth-order valence-electron chi connectivity index (χ4n) is 2.42. The minimum absolute atomic E-state index is 0.0193. The van der Waals surface area contributed by atoms with Gasteiger partial charge in [-0.15, -0.1) is 0 Å². The van der Waals surface area contributed by atoms with Crippen LogP contribution in [0.25, 0.3) is 0 Å². The normalized spacial score (nSPS) is 20.4. The lowest BCUT2D eigenvalue weighted by Gasteiger charge is -2.22. The van der Waals surface area contributed by atoms with E-state index in [1.165, 1.54) is 6.42 Å². The topological polar surface area (TPSA) is 58.6 Å². The summed E-state index contributed by atoms with van der Waals surface area (Å²) in [5.41, 5.74) is 0.823. The maximum Gasteiger partial charge on any atom is 0.220 e. The molecule has 110 valence electrons. The molecule has 1 aromatic rings. The summed E-state index contributed by atoms with van der Waals surface area (Å²) in [4.78, 5) is 11.7. The number of benzene rings is 1. The van der Waals surface area contributed by atoms with E-state index in [2.05, 4.69) is 5.32 Å². The van der Waals surface area contributed by atoms with Gasteiger partial charge < -0.3 is 15.2 Å². The molecule has 0 saturated carbocycles. The molecule has 0 radical (unpaired) electrons. The fourth-order valence-corrected chi connectivity index (χ4v) is 2.42. The largest absolute Gasteiger partial charge is 0.387 e. The first-order valence-corrected chi connectivity index (χ1v) is 7.37. The molecule has 4 heteroatoms. The predicted molar refractivity (Wildman–Crippen MR) is 77.2 cm³/mol. The maximum absolute atomic E-state index is 11.7. The molecule has 0 spiro atoms.